The topological polar surface area (TPSA) is 74.6 Å². The third-order valence-electron chi connectivity index (χ3n) is 4.91. The number of unbranched alkanes of at least 4 members (excludes halogenated alkanes) is 11. The van der Waals surface area contributed by atoms with Gasteiger partial charge in [0, 0.05) is 0 Å². The minimum absolute atomic E-state index is 0.312. The molecule has 0 saturated heterocycles. The smallest absolute Gasteiger partial charge is 0.311 e. The van der Waals surface area contributed by atoms with E-state index in [0.29, 0.717) is 6.42 Å². The molecule has 1 atom stereocenters. The summed E-state index contributed by atoms with van der Waals surface area (Å²) in [5, 5.41) is 18.5. The van der Waals surface area contributed by atoms with E-state index < -0.39 is 17.9 Å². The van der Waals surface area contributed by atoms with E-state index in [1.165, 1.54) is 51.4 Å². The largest absolute Gasteiger partial charge is 0.481 e. The fourth-order valence-corrected chi connectivity index (χ4v) is 3.29. The fourth-order valence-electron chi connectivity index (χ4n) is 3.29. The average molecular weight is 369 g/mol. The third kappa shape index (κ3) is 13.9. The predicted octanol–water partition coefficient (Wildman–Crippen LogP) is 6.59. The number of hydrogen-bond donors (Lipinski definition) is 2. The first kappa shape index (κ1) is 24.7. The van der Waals surface area contributed by atoms with Crippen molar-refractivity contribution in [2.75, 3.05) is 0 Å². The van der Waals surface area contributed by atoms with Gasteiger partial charge in [-0.05, 0) is 25.7 Å². The average Bonchev–Trinajstić information content (AvgIpc) is 2.60. The third-order valence-corrected chi connectivity index (χ3v) is 4.91. The zero-order valence-electron chi connectivity index (χ0n) is 17.0. The second kappa shape index (κ2) is 17.1. The van der Waals surface area contributed by atoms with Crippen LogP contribution in [0.3, 0.4) is 0 Å². The molecule has 0 amide bonds. The van der Waals surface area contributed by atoms with Crippen molar-refractivity contribution in [2.24, 2.45) is 5.92 Å². The Morgan fingerprint density at radius 3 is 1.77 bits per heavy atom. The highest BCUT2D eigenvalue weighted by Crippen LogP contribution is 2.24. The molecule has 0 aromatic carbocycles. The SMILES string of the molecule is CCCCCCCCC=C(CCCCCCCC)C(CC(=O)O)C(=O)O. The number of rotatable bonds is 18. The van der Waals surface area contributed by atoms with E-state index in [9.17, 15) is 14.7 Å². The lowest BCUT2D eigenvalue weighted by Gasteiger charge is -2.15. The number of hydrogen-bond acceptors (Lipinski definition) is 2. The molecule has 0 aliphatic heterocycles. The fraction of sp³-hybridized carbons (Fsp3) is 0.818. The number of allylic oxidation sites excluding steroid dienone is 1. The second-order valence-electron chi connectivity index (χ2n) is 7.34. The summed E-state index contributed by atoms with van der Waals surface area (Å²) < 4.78 is 0. The maximum atomic E-state index is 11.6. The van der Waals surface area contributed by atoms with Crippen LogP contribution in [-0.4, -0.2) is 22.2 Å². The van der Waals surface area contributed by atoms with Crippen molar-refractivity contribution in [1.82, 2.24) is 0 Å². The Bertz CT molecular complexity index is 401. The van der Waals surface area contributed by atoms with E-state index in [4.69, 9.17) is 5.11 Å². The molecule has 152 valence electrons. The van der Waals surface area contributed by atoms with Gasteiger partial charge in [0.25, 0.3) is 0 Å². The molecule has 0 fully saturated rings. The Labute approximate surface area is 160 Å². The summed E-state index contributed by atoms with van der Waals surface area (Å²) in [6.07, 6.45) is 17.4. The molecule has 4 nitrogen and oxygen atoms in total. The van der Waals surface area contributed by atoms with Gasteiger partial charge in [-0.25, -0.2) is 0 Å². The van der Waals surface area contributed by atoms with Gasteiger partial charge in [-0.15, -0.1) is 0 Å². The molecule has 1 unspecified atom stereocenters. The van der Waals surface area contributed by atoms with Crippen LogP contribution in [0.1, 0.15) is 110 Å². The van der Waals surface area contributed by atoms with E-state index in [1.807, 2.05) is 6.08 Å². The molecular weight excluding hydrogens is 328 g/mol. The van der Waals surface area contributed by atoms with Crippen molar-refractivity contribution >= 4 is 11.9 Å². The Morgan fingerprint density at radius 2 is 1.27 bits per heavy atom. The van der Waals surface area contributed by atoms with Crippen LogP contribution in [0.2, 0.25) is 0 Å². The van der Waals surface area contributed by atoms with Crippen LogP contribution in [0.25, 0.3) is 0 Å². The zero-order chi connectivity index (χ0) is 19.6. The van der Waals surface area contributed by atoms with Gasteiger partial charge in [0.1, 0.15) is 0 Å². The van der Waals surface area contributed by atoms with Crippen molar-refractivity contribution in [3.63, 3.8) is 0 Å². The van der Waals surface area contributed by atoms with Crippen molar-refractivity contribution in [2.45, 2.75) is 110 Å². The summed E-state index contributed by atoms with van der Waals surface area (Å²) in [4.78, 5) is 22.6. The lowest BCUT2D eigenvalue weighted by molar-refractivity contribution is -0.147. The minimum atomic E-state index is -1.04. The standard InChI is InChI=1S/C22H40O4/c1-3-5-7-9-11-13-15-17-19(16-14-12-10-8-6-4-2)20(22(25)26)18-21(23)24/h17,20H,3-16,18H2,1-2H3,(H,23,24)(H,25,26). The Balaban J connectivity index is 4.52. The number of carboxylic acid groups (broad SMARTS) is 2. The van der Waals surface area contributed by atoms with Crippen LogP contribution >= 0.6 is 0 Å². The minimum Gasteiger partial charge on any atom is -0.481 e. The first-order valence-corrected chi connectivity index (χ1v) is 10.7. The quantitative estimate of drug-likeness (QED) is 0.211. The molecule has 0 aromatic heterocycles. The lowest BCUT2D eigenvalue weighted by Crippen LogP contribution is -2.20. The van der Waals surface area contributed by atoms with E-state index in [-0.39, 0.29) is 6.42 Å². The first-order valence-electron chi connectivity index (χ1n) is 10.7. The lowest BCUT2D eigenvalue weighted by atomic mass is 9.90. The van der Waals surface area contributed by atoms with Gasteiger partial charge in [0.2, 0.25) is 0 Å². The molecule has 0 bridgehead atoms. The number of aliphatic carboxylic acids is 2. The summed E-state index contributed by atoms with van der Waals surface area (Å²) in [5.74, 6) is -2.92. The van der Waals surface area contributed by atoms with E-state index in [2.05, 4.69) is 13.8 Å². The first-order chi connectivity index (χ1) is 12.5. The van der Waals surface area contributed by atoms with Gasteiger partial charge in [0.05, 0.1) is 12.3 Å². The summed E-state index contributed by atoms with van der Waals surface area (Å²) in [6.45, 7) is 4.39. The van der Waals surface area contributed by atoms with E-state index in [0.717, 1.165) is 37.7 Å². The van der Waals surface area contributed by atoms with Gasteiger partial charge in [-0.2, -0.15) is 0 Å². The van der Waals surface area contributed by atoms with Gasteiger partial charge >= 0.3 is 11.9 Å². The maximum absolute atomic E-state index is 11.6. The molecular formula is C22H40O4. The Hall–Kier alpha value is -1.32. The van der Waals surface area contributed by atoms with E-state index >= 15 is 0 Å². The number of carboxylic acids is 2. The van der Waals surface area contributed by atoms with Gasteiger partial charge < -0.3 is 10.2 Å². The van der Waals surface area contributed by atoms with Crippen molar-refractivity contribution in [3.05, 3.63) is 11.6 Å². The summed E-state index contributed by atoms with van der Waals surface area (Å²) in [7, 11) is 0. The molecule has 0 aromatic rings. The zero-order valence-corrected chi connectivity index (χ0v) is 17.0. The van der Waals surface area contributed by atoms with Crippen LogP contribution in [0, 0.1) is 5.92 Å². The molecule has 0 heterocycles. The van der Waals surface area contributed by atoms with Crippen molar-refractivity contribution in [1.29, 1.82) is 0 Å². The maximum Gasteiger partial charge on any atom is 0.311 e. The molecule has 0 aliphatic rings. The second-order valence-corrected chi connectivity index (χ2v) is 7.34. The van der Waals surface area contributed by atoms with Gasteiger partial charge in [-0.3, -0.25) is 9.59 Å². The molecule has 0 spiro atoms. The summed E-state index contributed by atoms with van der Waals surface area (Å²) >= 11 is 0. The van der Waals surface area contributed by atoms with Gasteiger partial charge in [-0.1, -0.05) is 89.7 Å². The normalized spacial score (nSPS) is 12.9. The molecule has 0 aliphatic carbocycles. The predicted molar refractivity (Wildman–Crippen MR) is 107 cm³/mol. The molecule has 2 N–H and O–H groups in total. The van der Waals surface area contributed by atoms with Crippen LogP contribution in [0.15, 0.2) is 11.6 Å². The highest BCUT2D eigenvalue weighted by molar-refractivity contribution is 5.80. The van der Waals surface area contributed by atoms with Crippen molar-refractivity contribution < 1.29 is 19.8 Å². The van der Waals surface area contributed by atoms with Crippen LogP contribution in [0.4, 0.5) is 0 Å². The molecule has 0 rings (SSSR count). The molecule has 0 radical (unpaired) electrons. The molecule has 0 saturated carbocycles. The number of carbonyl (C=O) groups is 2. The molecule has 4 heteroatoms. The van der Waals surface area contributed by atoms with Crippen LogP contribution in [-0.2, 0) is 9.59 Å². The highest BCUT2D eigenvalue weighted by Gasteiger charge is 2.24. The van der Waals surface area contributed by atoms with E-state index in [1.54, 1.807) is 0 Å². The Morgan fingerprint density at radius 1 is 0.769 bits per heavy atom. The van der Waals surface area contributed by atoms with Crippen LogP contribution < -0.4 is 0 Å². The van der Waals surface area contributed by atoms with Crippen molar-refractivity contribution in [3.8, 4) is 0 Å². The highest BCUT2D eigenvalue weighted by atomic mass is 16.4. The Kier molecular flexibility index (Phi) is 16.2. The summed E-state index contributed by atoms with van der Waals surface area (Å²) in [5.41, 5.74) is 0.823. The van der Waals surface area contributed by atoms with Crippen LogP contribution in [0.5, 0.6) is 0 Å². The monoisotopic (exact) mass is 368 g/mol. The van der Waals surface area contributed by atoms with Gasteiger partial charge in [0.15, 0.2) is 0 Å². The molecule has 26 heavy (non-hydrogen) atoms. The summed E-state index contributed by atoms with van der Waals surface area (Å²) in [6, 6.07) is 0.